The Balaban J connectivity index is 1.75. The molecule has 8 nitrogen and oxygen atoms in total. The molecule has 0 amide bonds. The van der Waals surface area contributed by atoms with E-state index in [1.807, 2.05) is 16.4 Å². The van der Waals surface area contributed by atoms with Crippen LogP contribution in [-0.2, 0) is 38.0 Å². The summed E-state index contributed by atoms with van der Waals surface area (Å²) in [5, 5.41) is 1.76. The predicted octanol–water partition coefficient (Wildman–Crippen LogP) is 5.40. The van der Waals surface area contributed by atoms with Gasteiger partial charge in [-0.1, -0.05) is 39.8 Å². The molecule has 0 unspecified atom stereocenters. The van der Waals surface area contributed by atoms with Gasteiger partial charge in [0, 0.05) is 26.2 Å². The molecule has 0 fully saturated rings. The third kappa shape index (κ3) is 11.1. The second-order valence-corrected chi connectivity index (χ2v) is 10.4. The summed E-state index contributed by atoms with van der Waals surface area (Å²) in [6.45, 7) is 11.6. The molecule has 0 aliphatic rings. The number of nitrogens with zero attached hydrogens (tertiary/aromatic N) is 2. The third-order valence-corrected chi connectivity index (χ3v) is 7.09. The van der Waals surface area contributed by atoms with Crippen molar-refractivity contribution in [2.75, 3.05) is 33.0 Å². The van der Waals surface area contributed by atoms with Gasteiger partial charge in [0.2, 0.25) is 11.1 Å². The van der Waals surface area contributed by atoms with Gasteiger partial charge in [0.15, 0.2) is 6.79 Å². The Labute approximate surface area is 221 Å². The Morgan fingerprint density at radius 3 is 1.83 bits per heavy atom. The highest BCUT2D eigenvalue weighted by Crippen LogP contribution is 2.19. The highest BCUT2D eigenvalue weighted by molar-refractivity contribution is 7.80. The normalized spacial score (nSPS) is 13.2. The fraction of sp³-hybridized carbons (Fsp3) is 0.538. The lowest BCUT2D eigenvalue weighted by atomic mass is 10.2. The molecular formula is C26H40N2O6S2. The molecule has 2 atom stereocenters. The maximum Gasteiger partial charge on any atom is 0.290 e. The summed E-state index contributed by atoms with van der Waals surface area (Å²) in [6.07, 6.45) is 3.70. The van der Waals surface area contributed by atoms with E-state index in [2.05, 4.69) is 27.7 Å². The van der Waals surface area contributed by atoms with E-state index in [1.165, 1.54) is 0 Å². The summed E-state index contributed by atoms with van der Waals surface area (Å²) in [7, 11) is 0. The molecule has 0 N–H and O–H groups in total. The van der Waals surface area contributed by atoms with Gasteiger partial charge in [-0.25, -0.2) is 4.21 Å². The molecule has 202 valence electrons. The van der Waals surface area contributed by atoms with E-state index in [0.29, 0.717) is 23.0 Å². The Morgan fingerprint density at radius 1 is 0.722 bits per heavy atom. The maximum atomic E-state index is 12.5. The molecular weight excluding hydrogens is 500 g/mol. The minimum atomic E-state index is -1.54. The first-order valence-corrected chi connectivity index (χ1v) is 14.7. The zero-order valence-corrected chi connectivity index (χ0v) is 23.5. The molecule has 0 bridgehead atoms. The lowest BCUT2D eigenvalue weighted by Gasteiger charge is -2.19. The van der Waals surface area contributed by atoms with Crippen molar-refractivity contribution in [1.29, 1.82) is 0 Å². The molecule has 0 spiro atoms. The maximum absolute atomic E-state index is 12.5. The van der Waals surface area contributed by atoms with Crippen LogP contribution < -0.4 is 8.92 Å². The molecule has 0 aliphatic heterocycles. The van der Waals surface area contributed by atoms with Gasteiger partial charge in [0.25, 0.3) is 11.3 Å². The topological polar surface area (TPSA) is 77.5 Å². The number of rotatable bonds is 19. The van der Waals surface area contributed by atoms with E-state index < -0.39 is 22.3 Å². The molecule has 0 saturated heterocycles. The van der Waals surface area contributed by atoms with E-state index in [0.717, 1.165) is 57.4 Å². The van der Waals surface area contributed by atoms with Crippen molar-refractivity contribution in [3.8, 4) is 11.5 Å². The molecule has 2 aromatic rings. The van der Waals surface area contributed by atoms with Crippen LogP contribution in [-0.4, -0.2) is 50.8 Å². The monoisotopic (exact) mass is 540 g/mol. The first kappa shape index (κ1) is 30.4. The van der Waals surface area contributed by atoms with E-state index in [4.69, 9.17) is 17.9 Å². The van der Waals surface area contributed by atoms with Crippen molar-refractivity contribution in [3.05, 3.63) is 54.1 Å². The average molecular weight is 541 g/mol. The number of hydrogen-bond donors (Lipinski definition) is 0. The average Bonchev–Trinajstić information content (AvgIpc) is 2.88. The number of ether oxygens (including phenoxy) is 2. The summed E-state index contributed by atoms with van der Waals surface area (Å²) in [6, 6.07) is 14.3. The molecule has 0 aromatic heterocycles. The number of hydrogen-bond acceptors (Lipinski definition) is 7. The second kappa shape index (κ2) is 17.6. The van der Waals surface area contributed by atoms with Crippen LogP contribution in [0.2, 0.25) is 0 Å². The fourth-order valence-electron chi connectivity index (χ4n) is 3.28. The lowest BCUT2D eigenvalue weighted by molar-refractivity contribution is -0.0443. The van der Waals surface area contributed by atoms with Gasteiger partial charge < -0.3 is 13.7 Å². The summed E-state index contributed by atoms with van der Waals surface area (Å²) >= 11 is -3.05. The van der Waals surface area contributed by atoms with Crippen molar-refractivity contribution in [2.45, 2.75) is 64.9 Å². The lowest BCUT2D eigenvalue weighted by Crippen LogP contribution is -2.30. The Kier molecular flexibility index (Phi) is 14.9. The van der Waals surface area contributed by atoms with Gasteiger partial charge in [0.1, 0.15) is 11.5 Å². The highest BCUT2D eigenvalue weighted by atomic mass is 32.2. The van der Waals surface area contributed by atoms with Crippen LogP contribution in [0.5, 0.6) is 11.5 Å². The zero-order chi connectivity index (χ0) is 26.2. The minimum Gasteiger partial charge on any atom is -0.468 e. The van der Waals surface area contributed by atoms with Crippen LogP contribution in [0.4, 0.5) is 0 Å². The highest BCUT2D eigenvalue weighted by Gasteiger charge is 2.14. The minimum absolute atomic E-state index is 0.0761. The van der Waals surface area contributed by atoms with Crippen molar-refractivity contribution >= 4 is 22.3 Å². The molecule has 0 radical (unpaired) electrons. The molecule has 0 saturated carbocycles. The number of hydroxylamine groups is 2. The predicted molar refractivity (Wildman–Crippen MR) is 144 cm³/mol. The van der Waals surface area contributed by atoms with Crippen molar-refractivity contribution in [3.63, 3.8) is 0 Å². The van der Waals surface area contributed by atoms with Gasteiger partial charge in [-0.2, -0.15) is 17.9 Å². The van der Waals surface area contributed by atoms with Gasteiger partial charge in [0.05, 0.1) is 11.5 Å². The van der Waals surface area contributed by atoms with Crippen LogP contribution in [0.25, 0.3) is 0 Å². The van der Waals surface area contributed by atoms with Crippen LogP contribution in [0, 0.1) is 0 Å². The quantitative estimate of drug-likeness (QED) is 0.134. The zero-order valence-electron chi connectivity index (χ0n) is 21.9. The third-order valence-electron chi connectivity index (χ3n) is 4.96. The van der Waals surface area contributed by atoms with Gasteiger partial charge in [-0.05, 0) is 67.6 Å². The van der Waals surface area contributed by atoms with E-state index >= 15 is 0 Å². The first-order valence-electron chi connectivity index (χ1n) is 12.6. The molecule has 2 rings (SSSR count). The van der Waals surface area contributed by atoms with Crippen LogP contribution in [0.15, 0.2) is 53.4 Å². The summed E-state index contributed by atoms with van der Waals surface area (Å²) in [5.74, 6) is 1.14. The van der Waals surface area contributed by atoms with Crippen LogP contribution in [0.1, 0.15) is 58.9 Å². The molecule has 36 heavy (non-hydrogen) atoms. The molecule has 10 heteroatoms. The summed E-state index contributed by atoms with van der Waals surface area (Å²) in [5.41, 5.74) is 0.938. The van der Waals surface area contributed by atoms with Gasteiger partial charge in [-0.3, -0.25) is 0 Å². The summed E-state index contributed by atoms with van der Waals surface area (Å²) < 4.78 is 49.1. The standard InChI is InChI=1S/C26H40N2O6S2/c1-5-17-27(18-6-2)34-35(29)26-15-9-23(10-16-26)21-31-22-32-24-11-13-25(14-12-24)33-36(30)28(19-7-3)20-8-4/h9-16H,5-8,17-22H2,1-4H3/t35-,36+/m1/s1. The smallest absolute Gasteiger partial charge is 0.290 e. The van der Waals surface area contributed by atoms with Gasteiger partial charge in [-0.15, -0.1) is 0 Å². The second-order valence-electron chi connectivity index (χ2n) is 8.19. The molecule has 2 aromatic carbocycles. The number of benzene rings is 2. The van der Waals surface area contributed by atoms with E-state index in [1.54, 1.807) is 41.5 Å². The SMILES string of the molecule is CCCN(CCC)O[S@@](=O)c1ccc(COCOc2ccc(O[S@](=O)N(CCC)CCC)cc2)cc1. The largest absolute Gasteiger partial charge is 0.468 e. The molecule has 0 heterocycles. The van der Waals surface area contributed by atoms with Crippen molar-refractivity contribution < 1.29 is 26.4 Å². The van der Waals surface area contributed by atoms with Crippen molar-refractivity contribution in [2.24, 2.45) is 0 Å². The Bertz CT molecular complexity index is 900. The summed E-state index contributed by atoms with van der Waals surface area (Å²) in [4.78, 5) is 0.614. The Morgan fingerprint density at radius 2 is 1.28 bits per heavy atom. The van der Waals surface area contributed by atoms with Gasteiger partial charge >= 0.3 is 0 Å². The van der Waals surface area contributed by atoms with E-state index in [-0.39, 0.29) is 6.79 Å². The van der Waals surface area contributed by atoms with Crippen LogP contribution in [0.3, 0.4) is 0 Å². The first-order chi connectivity index (χ1) is 17.5. The van der Waals surface area contributed by atoms with E-state index in [9.17, 15) is 8.42 Å². The fourth-order valence-corrected chi connectivity index (χ4v) is 5.11. The Hall–Kier alpha value is -1.82. The molecule has 0 aliphatic carbocycles. The van der Waals surface area contributed by atoms with Crippen molar-refractivity contribution in [1.82, 2.24) is 9.37 Å². The van der Waals surface area contributed by atoms with Crippen LogP contribution >= 0.6 is 0 Å².